The Morgan fingerprint density at radius 2 is 1.88 bits per heavy atom. The van der Waals surface area contributed by atoms with E-state index in [-0.39, 0.29) is 18.3 Å². The van der Waals surface area contributed by atoms with E-state index in [0.29, 0.717) is 24.6 Å². The Kier molecular flexibility index (Phi) is 9.24. The fourth-order valence-electron chi connectivity index (χ4n) is 2.20. The lowest BCUT2D eigenvalue weighted by atomic mass is 10.1. The first-order valence-corrected chi connectivity index (χ1v) is 8.94. The molecule has 2 aromatic carbocycles. The molecule has 0 saturated carbocycles. The van der Waals surface area contributed by atoms with Crippen LogP contribution in [-0.4, -0.2) is 25.3 Å². The number of carbonyl (C=O) groups is 1. The number of nitrogens with two attached hydrogens (primary N) is 1. The zero-order valence-corrected chi connectivity index (χ0v) is 16.2. The molecule has 3 N–H and O–H groups in total. The van der Waals surface area contributed by atoms with Crippen molar-refractivity contribution in [2.45, 2.75) is 18.2 Å². The van der Waals surface area contributed by atoms with E-state index in [0.717, 1.165) is 22.0 Å². The Labute approximate surface area is 159 Å². The molecule has 0 aliphatic heterocycles. The van der Waals surface area contributed by atoms with Gasteiger partial charge in [-0.2, -0.15) is 0 Å². The maximum absolute atomic E-state index is 12.0. The number of thioether (sulfide) groups is 1. The molecule has 0 spiro atoms. The summed E-state index contributed by atoms with van der Waals surface area (Å²) in [5, 5.41) is 3.00. The van der Waals surface area contributed by atoms with Crippen molar-refractivity contribution in [3.63, 3.8) is 0 Å². The summed E-state index contributed by atoms with van der Waals surface area (Å²) >= 11 is 1.75. The molecule has 4 nitrogen and oxygen atoms in total. The van der Waals surface area contributed by atoms with Crippen LogP contribution < -0.4 is 15.8 Å². The van der Waals surface area contributed by atoms with Crippen LogP contribution in [-0.2, 0) is 11.2 Å². The number of ether oxygens (including phenoxy) is 1. The third kappa shape index (κ3) is 7.28. The highest BCUT2D eigenvalue weighted by Gasteiger charge is 2.09. The Morgan fingerprint density at radius 3 is 2.56 bits per heavy atom. The summed E-state index contributed by atoms with van der Waals surface area (Å²) in [7, 11) is 1.68. The van der Waals surface area contributed by atoms with Crippen molar-refractivity contribution in [1.29, 1.82) is 0 Å². The molecule has 0 radical (unpaired) electrons. The van der Waals surface area contributed by atoms with E-state index in [9.17, 15) is 4.79 Å². The Bertz CT molecular complexity index is 665. The highest BCUT2D eigenvalue weighted by atomic mass is 35.5. The van der Waals surface area contributed by atoms with Crippen molar-refractivity contribution in [1.82, 2.24) is 5.32 Å². The molecule has 0 saturated heterocycles. The fourth-order valence-corrected chi connectivity index (χ4v) is 3.25. The molecule has 136 valence electrons. The highest BCUT2D eigenvalue weighted by molar-refractivity contribution is 7.99. The average Bonchev–Trinajstić information content (AvgIpc) is 2.60. The van der Waals surface area contributed by atoms with Gasteiger partial charge >= 0.3 is 0 Å². The summed E-state index contributed by atoms with van der Waals surface area (Å²) in [6, 6.07) is 15.4. The standard InChI is InChI=1S/C19H24N2O2S.ClH/c1-14(13-24-18-6-4-3-5-17(18)23-2)12-21-19(22)11-15-7-9-16(20)10-8-15;/h3-10,14H,11-13,20H2,1-2H3,(H,21,22);1H. The molecule has 0 aromatic heterocycles. The molecule has 0 bridgehead atoms. The number of halogens is 1. The third-order valence-corrected chi connectivity index (χ3v) is 4.97. The Hall–Kier alpha value is -1.85. The Morgan fingerprint density at radius 1 is 1.20 bits per heavy atom. The van der Waals surface area contributed by atoms with Crippen LogP contribution in [0.5, 0.6) is 5.75 Å². The lowest BCUT2D eigenvalue weighted by Gasteiger charge is -2.14. The van der Waals surface area contributed by atoms with Crippen LogP contribution in [0.2, 0.25) is 0 Å². The summed E-state index contributed by atoms with van der Waals surface area (Å²) in [5.41, 5.74) is 7.33. The summed E-state index contributed by atoms with van der Waals surface area (Å²) in [4.78, 5) is 13.1. The second-order valence-corrected chi connectivity index (χ2v) is 6.85. The van der Waals surface area contributed by atoms with Crippen LogP contribution in [0, 0.1) is 5.92 Å². The second kappa shape index (κ2) is 10.9. The molecule has 0 aliphatic carbocycles. The zero-order chi connectivity index (χ0) is 17.4. The van der Waals surface area contributed by atoms with Crippen molar-refractivity contribution < 1.29 is 9.53 Å². The maximum atomic E-state index is 12.0. The van der Waals surface area contributed by atoms with Gasteiger partial charge in [-0.25, -0.2) is 0 Å². The normalized spacial score (nSPS) is 11.3. The minimum atomic E-state index is 0. The van der Waals surface area contributed by atoms with Crippen LogP contribution in [0.3, 0.4) is 0 Å². The Balaban J connectivity index is 0.00000312. The molecule has 1 atom stereocenters. The van der Waals surface area contributed by atoms with Crippen LogP contribution in [0.4, 0.5) is 5.69 Å². The molecule has 2 rings (SSSR count). The van der Waals surface area contributed by atoms with Crippen molar-refractivity contribution in [3.05, 3.63) is 54.1 Å². The molecule has 2 aromatic rings. The quantitative estimate of drug-likeness (QED) is 0.540. The van der Waals surface area contributed by atoms with Crippen LogP contribution >= 0.6 is 24.2 Å². The molecule has 25 heavy (non-hydrogen) atoms. The summed E-state index contributed by atoms with van der Waals surface area (Å²) in [5.74, 6) is 2.22. The molecular formula is C19H25ClN2O2S. The largest absolute Gasteiger partial charge is 0.496 e. The van der Waals surface area contributed by atoms with E-state index >= 15 is 0 Å². The number of para-hydroxylation sites is 1. The van der Waals surface area contributed by atoms with Gasteiger partial charge in [0.05, 0.1) is 13.5 Å². The second-order valence-electron chi connectivity index (χ2n) is 5.79. The van der Waals surface area contributed by atoms with Crippen molar-refractivity contribution in [2.24, 2.45) is 5.92 Å². The number of carbonyl (C=O) groups excluding carboxylic acids is 1. The topological polar surface area (TPSA) is 64.3 Å². The molecule has 0 aliphatic rings. The number of hydrogen-bond donors (Lipinski definition) is 2. The first kappa shape index (κ1) is 21.2. The first-order valence-electron chi connectivity index (χ1n) is 7.95. The molecule has 0 heterocycles. The maximum Gasteiger partial charge on any atom is 0.224 e. The van der Waals surface area contributed by atoms with E-state index in [4.69, 9.17) is 10.5 Å². The van der Waals surface area contributed by atoms with Crippen LogP contribution in [0.25, 0.3) is 0 Å². The van der Waals surface area contributed by atoms with Crippen molar-refractivity contribution in [3.8, 4) is 5.75 Å². The van der Waals surface area contributed by atoms with Crippen molar-refractivity contribution >= 4 is 35.8 Å². The summed E-state index contributed by atoms with van der Waals surface area (Å²) in [6.07, 6.45) is 0.382. The number of nitrogens with one attached hydrogen (secondary N) is 1. The van der Waals surface area contributed by atoms with Gasteiger partial charge in [0.25, 0.3) is 0 Å². The predicted octanol–water partition coefficient (Wildman–Crippen LogP) is 3.79. The third-order valence-electron chi connectivity index (χ3n) is 3.58. The zero-order valence-electron chi connectivity index (χ0n) is 14.5. The smallest absolute Gasteiger partial charge is 0.224 e. The van der Waals surface area contributed by atoms with Gasteiger partial charge in [-0.1, -0.05) is 31.2 Å². The van der Waals surface area contributed by atoms with Gasteiger partial charge in [-0.3, -0.25) is 4.79 Å². The minimum Gasteiger partial charge on any atom is -0.496 e. The molecule has 0 fully saturated rings. The monoisotopic (exact) mass is 380 g/mol. The van der Waals surface area contributed by atoms with E-state index in [1.807, 2.05) is 42.5 Å². The lowest BCUT2D eigenvalue weighted by Crippen LogP contribution is -2.30. The van der Waals surface area contributed by atoms with Gasteiger partial charge < -0.3 is 15.8 Å². The number of benzene rings is 2. The van der Waals surface area contributed by atoms with E-state index in [1.165, 1.54) is 0 Å². The van der Waals surface area contributed by atoms with Gasteiger partial charge in [0.1, 0.15) is 5.75 Å². The highest BCUT2D eigenvalue weighted by Crippen LogP contribution is 2.29. The summed E-state index contributed by atoms with van der Waals surface area (Å²) < 4.78 is 5.35. The van der Waals surface area contributed by atoms with E-state index in [2.05, 4.69) is 18.3 Å². The van der Waals surface area contributed by atoms with E-state index < -0.39 is 0 Å². The number of rotatable bonds is 8. The number of methoxy groups -OCH3 is 1. The van der Waals surface area contributed by atoms with E-state index in [1.54, 1.807) is 18.9 Å². The fraction of sp³-hybridized carbons (Fsp3) is 0.316. The van der Waals surface area contributed by atoms with Gasteiger partial charge in [0, 0.05) is 22.9 Å². The molecule has 6 heteroatoms. The van der Waals surface area contributed by atoms with Gasteiger partial charge in [-0.15, -0.1) is 24.2 Å². The SMILES string of the molecule is COc1ccccc1SCC(C)CNC(=O)Cc1ccc(N)cc1.Cl. The van der Waals surface area contributed by atoms with Crippen molar-refractivity contribution in [2.75, 3.05) is 25.1 Å². The molecular weight excluding hydrogens is 356 g/mol. The average molecular weight is 381 g/mol. The number of anilines is 1. The number of hydrogen-bond acceptors (Lipinski definition) is 4. The minimum absolute atomic E-state index is 0. The van der Waals surface area contributed by atoms with Crippen LogP contribution in [0.15, 0.2) is 53.4 Å². The molecule has 1 unspecified atom stereocenters. The first-order chi connectivity index (χ1) is 11.6. The summed E-state index contributed by atoms with van der Waals surface area (Å²) in [6.45, 7) is 2.79. The lowest BCUT2D eigenvalue weighted by molar-refractivity contribution is -0.120. The predicted molar refractivity (Wildman–Crippen MR) is 108 cm³/mol. The van der Waals surface area contributed by atoms with Crippen LogP contribution in [0.1, 0.15) is 12.5 Å². The molecule has 1 amide bonds. The van der Waals surface area contributed by atoms with Gasteiger partial charge in [-0.05, 0) is 35.7 Å². The number of nitrogen functional groups attached to an aromatic ring is 1. The number of amides is 1. The van der Waals surface area contributed by atoms with Gasteiger partial charge in [0.15, 0.2) is 0 Å². The van der Waals surface area contributed by atoms with Gasteiger partial charge in [0.2, 0.25) is 5.91 Å².